The van der Waals surface area contributed by atoms with Crippen LogP contribution >= 0.6 is 11.6 Å². The van der Waals surface area contributed by atoms with E-state index in [1.165, 1.54) is 0 Å². The lowest BCUT2D eigenvalue weighted by atomic mass is 9.98. The lowest BCUT2D eigenvalue weighted by Gasteiger charge is -2.24. The number of ether oxygens (including phenoxy) is 1. The smallest absolute Gasteiger partial charge is 0.408 e. The van der Waals surface area contributed by atoms with Crippen LogP contribution < -0.4 is 5.32 Å². The molecule has 3 aromatic rings. The molecule has 1 saturated carbocycles. The number of amides is 1. The average Bonchev–Trinajstić information content (AvgIpc) is 3.59. The molecule has 4 rings (SSSR count). The minimum absolute atomic E-state index is 0.369. The number of rotatable bonds is 7. The van der Waals surface area contributed by atoms with Crippen LogP contribution in [0.2, 0.25) is 5.15 Å². The molecule has 0 atom stereocenters. The molecule has 180 valence electrons. The highest BCUT2D eigenvalue weighted by Gasteiger charge is 2.46. The highest BCUT2D eigenvalue weighted by Crippen LogP contribution is 2.45. The Hall–Kier alpha value is -3.44. The van der Waals surface area contributed by atoms with E-state index in [0.29, 0.717) is 17.1 Å². The summed E-state index contributed by atoms with van der Waals surface area (Å²) in [7, 11) is 0. The Morgan fingerprint density at radius 1 is 1.14 bits per heavy atom. The van der Waals surface area contributed by atoms with Gasteiger partial charge in [-0.15, -0.1) is 0 Å². The van der Waals surface area contributed by atoms with E-state index in [2.05, 4.69) is 53.3 Å². The molecule has 6 heteroatoms. The maximum atomic E-state index is 12.4. The Kier molecular flexibility index (Phi) is 7.08. The predicted molar refractivity (Wildman–Crippen MR) is 142 cm³/mol. The maximum absolute atomic E-state index is 12.4. The summed E-state index contributed by atoms with van der Waals surface area (Å²) in [6.45, 7) is 9.46. The van der Waals surface area contributed by atoms with Crippen LogP contribution in [0.15, 0.2) is 78.4 Å². The van der Waals surface area contributed by atoms with E-state index in [1.807, 2.05) is 45.0 Å². The summed E-state index contributed by atoms with van der Waals surface area (Å²) in [5.74, 6) is 0. The van der Waals surface area contributed by atoms with Crippen molar-refractivity contribution < 1.29 is 9.53 Å². The van der Waals surface area contributed by atoms with Gasteiger partial charge in [-0.05, 0) is 56.4 Å². The van der Waals surface area contributed by atoms with Crippen molar-refractivity contribution in [2.45, 2.75) is 51.2 Å². The number of pyridine rings is 1. The summed E-state index contributed by atoms with van der Waals surface area (Å²) >= 11 is 6.28. The first-order valence-corrected chi connectivity index (χ1v) is 12.1. The van der Waals surface area contributed by atoms with Gasteiger partial charge in [0.1, 0.15) is 10.8 Å². The van der Waals surface area contributed by atoms with Gasteiger partial charge in [0.2, 0.25) is 0 Å². The second kappa shape index (κ2) is 10.0. The van der Waals surface area contributed by atoms with Crippen molar-refractivity contribution in [2.75, 3.05) is 0 Å². The second-order valence-electron chi connectivity index (χ2n) is 9.75. The Labute approximate surface area is 211 Å². The zero-order valence-electron chi connectivity index (χ0n) is 20.3. The van der Waals surface area contributed by atoms with E-state index in [-0.39, 0.29) is 5.54 Å². The van der Waals surface area contributed by atoms with Crippen LogP contribution in [-0.4, -0.2) is 22.4 Å². The van der Waals surface area contributed by atoms with Crippen molar-refractivity contribution in [1.29, 1.82) is 0 Å². The molecule has 0 unspecified atom stereocenters. The Bertz CT molecular complexity index is 1240. The van der Waals surface area contributed by atoms with Crippen LogP contribution in [0.1, 0.15) is 55.9 Å². The lowest BCUT2D eigenvalue weighted by molar-refractivity contribution is 0.0495. The molecule has 2 aromatic carbocycles. The van der Waals surface area contributed by atoms with Crippen molar-refractivity contribution in [3.05, 3.63) is 101 Å². The van der Waals surface area contributed by atoms with Gasteiger partial charge in [-0.25, -0.2) is 9.78 Å². The highest BCUT2D eigenvalue weighted by molar-refractivity contribution is 6.31. The average molecular weight is 488 g/mol. The largest absolute Gasteiger partial charge is 0.444 e. The molecule has 1 N–H and O–H groups in total. The molecule has 0 aliphatic heterocycles. The minimum Gasteiger partial charge on any atom is -0.444 e. The fourth-order valence-corrected chi connectivity index (χ4v) is 4.19. The highest BCUT2D eigenvalue weighted by atomic mass is 35.5. The van der Waals surface area contributed by atoms with Gasteiger partial charge < -0.3 is 10.1 Å². The van der Waals surface area contributed by atoms with Crippen molar-refractivity contribution in [2.24, 2.45) is 4.99 Å². The van der Waals surface area contributed by atoms with Gasteiger partial charge >= 0.3 is 6.09 Å². The van der Waals surface area contributed by atoms with Gasteiger partial charge in [-0.3, -0.25) is 4.99 Å². The summed E-state index contributed by atoms with van der Waals surface area (Å²) in [6.07, 6.45) is 5.35. The Morgan fingerprint density at radius 2 is 1.83 bits per heavy atom. The number of carbonyl (C=O) groups is 1. The number of nitrogens with one attached hydrogen (secondary N) is 1. The summed E-state index contributed by atoms with van der Waals surface area (Å²) in [5.41, 5.74) is 4.63. The lowest BCUT2D eigenvalue weighted by Crippen LogP contribution is -2.39. The van der Waals surface area contributed by atoms with Crippen LogP contribution in [0.5, 0.6) is 0 Å². The van der Waals surface area contributed by atoms with Crippen molar-refractivity contribution in [3.8, 4) is 0 Å². The molecule has 1 heterocycles. The summed E-state index contributed by atoms with van der Waals surface area (Å²) in [4.78, 5) is 21.5. The van der Waals surface area contributed by atoms with Gasteiger partial charge in [0, 0.05) is 18.2 Å². The van der Waals surface area contributed by atoms with E-state index in [4.69, 9.17) is 21.3 Å². The molecule has 1 aromatic heterocycles. The summed E-state index contributed by atoms with van der Waals surface area (Å²) < 4.78 is 5.47. The fraction of sp³-hybridized carbons (Fsp3) is 0.276. The number of hydrogen-bond donors (Lipinski definition) is 1. The number of hydrogen-bond acceptors (Lipinski definition) is 4. The topological polar surface area (TPSA) is 63.6 Å². The molecule has 1 aliphatic carbocycles. The molecule has 1 aliphatic rings. The van der Waals surface area contributed by atoms with E-state index < -0.39 is 11.7 Å². The number of halogens is 1. The van der Waals surface area contributed by atoms with Crippen molar-refractivity contribution in [3.63, 3.8) is 0 Å². The standard InChI is InChI=1S/C29H30ClN3O2/c1-5-23-24(15-18-31-26(23)30)32-25(19-20-9-7-6-8-10-20)21-11-13-22(14-12-21)29(16-17-29)33-27(34)35-28(2,3)4/h5-15,18H,1,16-17,19H2,2-4H3,(H,33,34)/b32-25+. The zero-order valence-corrected chi connectivity index (χ0v) is 21.1. The normalized spacial score (nSPS) is 14.8. The minimum atomic E-state index is -0.535. The fourth-order valence-electron chi connectivity index (χ4n) is 3.96. The molecular weight excluding hydrogens is 458 g/mol. The number of benzene rings is 2. The third-order valence-corrected chi connectivity index (χ3v) is 6.15. The van der Waals surface area contributed by atoms with Crippen LogP contribution in [0.4, 0.5) is 10.5 Å². The SMILES string of the molecule is C=Cc1c(/N=C(\Cc2ccccc2)c2ccc(C3(NC(=O)OC(C)(C)C)CC3)cc2)ccnc1Cl. The first-order chi connectivity index (χ1) is 16.7. The van der Waals surface area contributed by atoms with Crippen LogP contribution in [-0.2, 0) is 16.7 Å². The Morgan fingerprint density at radius 3 is 2.43 bits per heavy atom. The maximum Gasteiger partial charge on any atom is 0.408 e. The molecule has 5 nitrogen and oxygen atoms in total. The van der Waals surface area contributed by atoms with E-state index in [9.17, 15) is 4.79 Å². The first kappa shape index (κ1) is 24.7. The molecule has 0 spiro atoms. The molecule has 1 amide bonds. The van der Waals surface area contributed by atoms with Gasteiger partial charge in [0.15, 0.2) is 0 Å². The predicted octanol–water partition coefficient (Wildman–Crippen LogP) is 7.26. The number of alkyl carbamates (subject to hydrolysis) is 1. The third-order valence-electron chi connectivity index (χ3n) is 5.85. The van der Waals surface area contributed by atoms with Gasteiger partial charge in [-0.2, -0.15) is 0 Å². The van der Waals surface area contributed by atoms with Crippen molar-refractivity contribution in [1.82, 2.24) is 10.3 Å². The third kappa shape index (κ3) is 6.17. The Balaban J connectivity index is 1.64. The molecule has 0 bridgehead atoms. The van der Waals surface area contributed by atoms with Crippen molar-refractivity contribution >= 4 is 35.2 Å². The van der Waals surface area contributed by atoms with Gasteiger partial charge in [0.05, 0.1) is 16.9 Å². The van der Waals surface area contributed by atoms with Crippen LogP contribution in [0, 0.1) is 0 Å². The second-order valence-corrected chi connectivity index (χ2v) is 10.1. The van der Waals surface area contributed by atoms with E-state index >= 15 is 0 Å². The monoisotopic (exact) mass is 487 g/mol. The zero-order chi connectivity index (χ0) is 25.1. The van der Waals surface area contributed by atoms with Gasteiger partial charge in [0.25, 0.3) is 0 Å². The molecule has 0 saturated heterocycles. The van der Waals surface area contributed by atoms with Crippen LogP contribution in [0.3, 0.4) is 0 Å². The molecule has 35 heavy (non-hydrogen) atoms. The number of aliphatic imine (C=N–C) groups is 1. The number of nitrogens with zero attached hydrogens (tertiary/aromatic N) is 2. The molecule has 0 radical (unpaired) electrons. The van der Waals surface area contributed by atoms with Gasteiger partial charge in [-0.1, -0.05) is 78.9 Å². The molecule has 1 fully saturated rings. The first-order valence-electron chi connectivity index (χ1n) is 11.7. The quantitative estimate of drug-likeness (QED) is 0.282. The van der Waals surface area contributed by atoms with E-state index in [1.54, 1.807) is 12.3 Å². The summed E-state index contributed by atoms with van der Waals surface area (Å²) in [5, 5.41) is 3.44. The summed E-state index contributed by atoms with van der Waals surface area (Å²) in [6, 6.07) is 20.3. The number of aromatic nitrogens is 1. The van der Waals surface area contributed by atoms with Crippen LogP contribution in [0.25, 0.3) is 6.08 Å². The van der Waals surface area contributed by atoms with E-state index in [0.717, 1.165) is 40.9 Å². The number of carbonyl (C=O) groups excluding carboxylic acids is 1. The molecular formula is C29H30ClN3O2.